The van der Waals surface area contributed by atoms with Crippen molar-refractivity contribution in [3.63, 3.8) is 0 Å². The van der Waals surface area contributed by atoms with E-state index < -0.39 is 16.1 Å². The highest BCUT2D eigenvalue weighted by molar-refractivity contribution is 9.10. The number of ether oxygens (including phenoxy) is 1. The molecule has 5 rings (SSSR count). The first-order chi connectivity index (χ1) is 15.4. The number of likely N-dealkylation sites (tertiary alicyclic amines) is 1. The quantitative estimate of drug-likeness (QED) is 0.575. The lowest BCUT2D eigenvalue weighted by Gasteiger charge is -2.33. The van der Waals surface area contributed by atoms with Crippen LogP contribution in [0.25, 0.3) is 10.9 Å². The Bertz CT molecular complexity index is 1240. The molecule has 1 N–H and O–H groups in total. The largest absolute Gasteiger partial charge is 0.366 e. The Labute approximate surface area is 195 Å². The lowest BCUT2D eigenvalue weighted by molar-refractivity contribution is -0.146. The molecule has 168 valence electrons. The summed E-state index contributed by atoms with van der Waals surface area (Å²) >= 11 is 3.41. The second kappa shape index (κ2) is 8.62. The van der Waals surface area contributed by atoms with Gasteiger partial charge in [-0.1, -0.05) is 46.3 Å². The third kappa shape index (κ3) is 3.98. The number of hydrogen-bond acceptors (Lipinski definition) is 4. The maximum atomic E-state index is 13.4. The Kier molecular flexibility index (Phi) is 5.83. The molecule has 9 heteroatoms. The second-order valence-electron chi connectivity index (χ2n) is 8.25. The van der Waals surface area contributed by atoms with Gasteiger partial charge in [-0.15, -0.1) is 0 Å². The summed E-state index contributed by atoms with van der Waals surface area (Å²) in [6.45, 7) is 1.72. The van der Waals surface area contributed by atoms with E-state index in [0.29, 0.717) is 24.4 Å². The van der Waals surface area contributed by atoms with Crippen LogP contribution in [0.3, 0.4) is 0 Å². The molecular weight excluding hydrogens is 494 g/mol. The maximum absolute atomic E-state index is 13.4. The van der Waals surface area contributed by atoms with Crippen LogP contribution in [0.15, 0.2) is 64.1 Å². The zero-order valence-electron chi connectivity index (χ0n) is 17.4. The van der Waals surface area contributed by atoms with E-state index >= 15 is 0 Å². The van der Waals surface area contributed by atoms with Gasteiger partial charge >= 0.3 is 0 Å². The average Bonchev–Trinajstić information content (AvgIpc) is 3.47. The molecule has 2 aliphatic rings. The number of nitrogens with zero attached hydrogens (tertiary/aromatic N) is 2. The number of benzene rings is 2. The van der Waals surface area contributed by atoms with E-state index in [9.17, 15) is 13.2 Å². The van der Waals surface area contributed by atoms with Crippen molar-refractivity contribution in [2.24, 2.45) is 0 Å². The van der Waals surface area contributed by atoms with Gasteiger partial charge < -0.3 is 14.6 Å². The van der Waals surface area contributed by atoms with E-state index in [-0.39, 0.29) is 30.5 Å². The fraction of sp³-hybridized carbons (Fsp3) is 0.348. The molecule has 0 spiro atoms. The minimum Gasteiger partial charge on any atom is -0.366 e. The van der Waals surface area contributed by atoms with Gasteiger partial charge in [0, 0.05) is 53.7 Å². The van der Waals surface area contributed by atoms with E-state index in [1.807, 2.05) is 30.3 Å². The summed E-state index contributed by atoms with van der Waals surface area (Å²) < 4.78 is 34.7. The molecule has 3 heterocycles. The molecule has 2 aliphatic heterocycles. The monoisotopic (exact) mass is 517 g/mol. The smallest absolute Gasteiger partial charge is 0.253 e. The summed E-state index contributed by atoms with van der Waals surface area (Å²) in [7, 11) is -3.78. The van der Waals surface area contributed by atoms with Crippen LogP contribution in [0.4, 0.5) is 0 Å². The molecular formula is C23H24BrN3O4S. The highest BCUT2D eigenvalue weighted by atomic mass is 79.9. The van der Waals surface area contributed by atoms with Gasteiger partial charge in [0.25, 0.3) is 5.91 Å². The van der Waals surface area contributed by atoms with Crippen molar-refractivity contribution in [1.29, 1.82) is 0 Å². The van der Waals surface area contributed by atoms with Gasteiger partial charge in [0.05, 0.1) is 6.61 Å². The molecule has 2 saturated heterocycles. The number of H-pyrrole nitrogens is 1. The molecule has 0 bridgehead atoms. The van der Waals surface area contributed by atoms with E-state index in [4.69, 9.17) is 4.74 Å². The number of sulfonamides is 1. The van der Waals surface area contributed by atoms with Crippen molar-refractivity contribution >= 4 is 42.8 Å². The first kappa shape index (κ1) is 21.6. The lowest BCUT2D eigenvalue weighted by Crippen LogP contribution is -2.52. The fourth-order valence-corrected chi connectivity index (χ4v) is 6.51. The van der Waals surface area contributed by atoms with Crippen LogP contribution in [0, 0.1) is 0 Å². The highest BCUT2D eigenvalue weighted by Gasteiger charge is 2.38. The Morgan fingerprint density at radius 2 is 1.91 bits per heavy atom. The van der Waals surface area contributed by atoms with Crippen molar-refractivity contribution in [3.8, 4) is 0 Å². The fourth-order valence-electron chi connectivity index (χ4n) is 4.57. The molecule has 32 heavy (non-hydrogen) atoms. The van der Waals surface area contributed by atoms with Crippen LogP contribution in [0.1, 0.15) is 17.9 Å². The summed E-state index contributed by atoms with van der Waals surface area (Å²) in [5, 5.41) is 0.624. The number of carbonyl (C=O) groups excluding carboxylic acids is 1. The normalized spacial score (nSPS) is 22.5. The third-order valence-electron chi connectivity index (χ3n) is 6.30. The SMILES string of the molecule is O=C(C1CN(S(=O)(=O)c2c[nH]c3ccc(Br)cc23)CCO1)N1CCC(c2ccccc2)C1. The molecule has 2 atom stereocenters. The number of nitrogens with one attached hydrogen (secondary N) is 1. The summed E-state index contributed by atoms with van der Waals surface area (Å²) in [5.74, 6) is 0.165. The number of aromatic amines is 1. The minimum atomic E-state index is -3.78. The molecule has 0 radical (unpaired) electrons. The second-order valence-corrected chi connectivity index (χ2v) is 11.1. The first-order valence-corrected chi connectivity index (χ1v) is 12.9. The first-order valence-electron chi connectivity index (χ1n) is 10.7. The topological polar surface area (TPSA) is 82.7 Å². The Morgan fingerprint density at radius 1 is 1.09 bits per heavy atom. The van der Waals surface area contributed by atoms with E-state index in [1.54, 1.807) is 11.0 Å². The zero-order chi connectivity index (χ0) is 22.3. The van der Waals surface area contributed by atoms with Crippen molar-refractivity contribution in [1.82, 2.24) is 14.2 Å². The standard InChI is InChI=1S/C23H24BrN3O4S/c24-18-6-7-20-19(12-18)22(13-25-20)32(29,30)27-10-11-31-21(15-27)23(28)26-9-8-17(14-26)16-4-2-1-3-5-16/h1-7,12-13,17,21,25H,8-11,14-15H2. The molecule has 2 unspecified atom stereocenters. The van der Waals surface area contributed by atoms with Crippen molar-refractivity contribution in [3.05, 3.63) is 64.8 Å². The Balaban J connectivity index is 1.32. The molecule has 2 fully saturated rings. The van der Waals surface area contributed by atoms with Crippen LogP contribution in [0.2, 0.25) is 0 Å². The predicted octanol–water partition coefficient (Wildman–Crippen LogP) is 3.34. The number of morpholine rings is 1. The molecule has 1 amide bonds. The number of amides is 1. The molecule has 7 nitrogen and oxygen atoms in total. The van der Waals surface area contributed by atoms with E-state index in [0.717, 1.165) is 16.4 Å². The summed E-state index contributed by atoms with van der Waals surface area (Å²) in [6.07, 6.45) is 1.63. The molecule has 1 aromatic heterocycles. The van der Waals surface area contributed by atoms with Crippen LogP contribution in [-0.2, 0) is 19.6 Å². The lowest BCUT2D eigenvalue weighted by atomic mass is 9.99. The summed E-state index contributed by atoms with van der Waals surface area (Å²) in [5.41, 5.74) is 1.97. The van der Waals surface area contributed by atoms with Crippen LogP contribution in [-0.4, -0.2) is 67.4 Å². The summed E-state index contributed by atoms with van der Waals surface area (Å²) in [4.78, 5) is 18.2. The Morgan fingerprint density at radius 3 is 2.72 bits per heavy atom. The Hall–Kier alpha value is -2.20. The van der Waals surface area contributed by atoms with Gasteiger partial charge in [-0.05, 0) is 30.2 Å². The zero-order valence-corrected chi connectivity index (χ0v) is 19.8. The van der Waals surface area contributed by atoms with Crippen molar-refractivity contribution in [2.75, 3.05) is 32.8 Å². The van der Waals surface area contributed by atoms with Gasteiger partial charge in [0.1, 0.15) is 11.0 Å². The number of hydrogen-bond donors (Lipinski definition) is 1. The van der Waals surface area contributed by atoms with E-state index in [2.05, 4.69) is 33.0 Å². The van der Waals surface area contributed by atoms with Gasteiger partial charge in [-0.3, -0.25) is 4.79 Å². The number of aromatic nitrogens is 1. The molecule has 0 aliphatic carbocycles. The van der Waals surface area contributed by atoms with Crippen LogP contribution >= 0.6 is 15.9 Å². The highest BCUT2D eigenvalue weighted by Crippen LogP contribution is 2.31. The maximum Gasteiger partial charge on any atom is 0.253 e. The van der Waals surface area contributed by atoms with Crippen LogP contribution in [0.5, 0.6) is 0 Å². The van der Waals surface area contributed by atoms with Crippen molar-refractivity contribution in [2.45, 2.75) is 23.3 Å². The molecule has 2 aromatic carbocycles. The average molecular weight is 518 g/mol. The summed E-state index contributed by atoms with van der Waals surface area (Å²) in [6, 6.07) is 15.7. The van der Waals surface area contributed by atoms with Gasteiger partial charge in [0.2, 0.25) is 10.0 Å². The molecule has 0 saturated carbocycles. The van der Waals surface area contributed by atoms with Gasteiger partial charge in [0.15, 0.2) is 0 Å². The number of rotatable bonds is 4. The third-order valence-corrected chi connectivity index (χ3v) is 8.70. The number of halogens is 1. The predicted molar refractivity (Wildman–Crippen MR) is 125 cm³/mol. The minimum absolute atomic E-state index is 0.0222. The van der Waals surface area contributed by atoms with Crippen LogP contribution < -0.4 is 0 Å². The number of carbonyl (C=O) groups is 1. The van der Waals surface area contributed by atoms with Gasteiger partial charge in [-0.25, -0.2) is 8.42 Å². The van der Waals surface area contributed by atoms with Crippen molar-refractivity contribution < 1.29 is 17.9 Å². The van der Waals surface area contributed by atoms with Gasteiger partial charge in [-0.2, -0.15) is 4.31 Å². The van der Waals surface area contributed by atoms with E-state index in [1.165, 1.54) is 16.1 Å². The number of fused-ring (bicyclic) bond motifs is 1. The molecule has 3 aromatic rings.